The van der Waals surface area contributed by atoms with Gasteiger partial charge in [0.2, 0.25) is 0 Å². The molecule has 0 bridgehead atoms. The molecule has 22 heavy (non-hydrogen) atoms. The molecule has 0 saturated carbocycles. The summed E-state index contributed by atoms with van der Waals surface area (Å²) < 4.78 is 5.80. The van der Waals surface area contributed by atoms with Gasteiger partial charge in [-0.25, -0.2) is 0 Å². The van der Waals surface area contributed by atoms with Crippen LogP contribution < -0.4 is 4.74 Å². The van der Waals surface area contributed by atoms with E-state index >= 15 is 0 Å². The minimum absolute atomic E-state index is 0.140. The van der Waals surface area contributed by atoms with Crippen molar-refractivity contribution in [2.24, 2.45) is 0 Å². The summed E-state index contributed by atoms with van der Waals surface area (Å²) >= 11 is 19.6. The van der Waals surface area contributed by atoms with E-state index in [9.17, 15) is 4.79 Å². The number of nitrogens with zero attached hydrogens (tertiary/aromatic N) is 1. The Kier molecular flexibility index (Phi) is 5.98. The predicted molar refractivity (Wildman–Crippen MR) is 92.8 cm³/mol. The first-order valence-electron chi connectivity index (χ1n) is 6.52. The maximum atomic E-state index is 12.6. The third kappa shape index (κ3) is 3.87. The zero-order valence-corrected chi connectivity index (χ0v) is 15.1. The third-order valence-corrected chi connectivity index (χ3v) is 4.87. The summed E-state index contributed by atoms with van der Waals surface area (Å²) in [6.45, 7) is 2.98. The van der Waals surface area contributed by atoms with Gasteiger partial charge in [0.25, 0.3) is 5.91 Å². The number of thiophene rings is 1. The van der Waals surface area contributed by atoms with Gasteiger partial charge >= 0.3 is 0 Å². The third-order valence-electron chi connectivity index (χ3n) is 3.09. The quantitative estimate of drug-likeness (QED) is 0.699. The highest BCUT2D eigenvalue weighted by molar-refractivity contribution is 7.16. The Morgan fingerprint density at radius 3 is 2.32 bits per heavy atom. The summed E-state index contributed by atoms with van der Waals surface area (Å²) in [6, 6.07) is 6.87. The molecule has 1 aromatic heterocycles. The van der Waals surface area contributed by atoms with Crippen molar-refractivity contribution < 1.29 is 9.53 Å². The lowest BCUT2D eigenvalue weighted by atomic mass is 10.2. The standard InChI is InChI=1S/C15H14Cl3NO2S/c1-3-19(8-10-4-5-13(18)22-10)15(20)9-6-11(16)14(21-2)12(17)7-9/h4-7H,3,8H2,1-2H3. The van der Waals surface area contributed by atoms with Crippen LogP contribution in [0.3, 0.4) is 0 Å². The van der Waals surface area contributed by atoms with Gasteiger partial charge in [0.05, 0.1) is 28.0 Å². The van der Waals surface area contributed by atoms with Crippen molar-refractivity contribution >= 4 is 52.0 Å². The van der Waals surface area contributed by atoms with E-state index in [0.29, 0.717) is 38.8 Å². The molecule has 7 heteroatoms. The summed E-state index contributed by atoms with van der Waals surface area (Å²) in [5.41, 5.74) is 0.431. The summed E-state index contributed by atoms with van der Waals surface area (Å²) in [6.07, 6.45) is 0. The van der Waals surface area contributed by atoms with E-state index in [1.807, 2.05) is 19.1 Å². The number of rotatable bonds is 5. The van der Waals surface area contributed by atoms with Crippen molar-refractivity contribution in [3.8, 4) is 5.75 Å². The Morgan fingerprint density at radius 1 is 1.23 bits per heavy atom. The lowest BCUT2D eigenvalue weighted by molar-refractivity contribution is 0.0754. The molecule has 0 radical (unpaired) electrons. The van der Waals surface area contributed by atoms with Crippen LogP contribution in [0, 0.1) is 0 Å². The van der Waals surface area contributed by atoms with Gasteiger partial charge in [-0.3, -0.25) is 4.79 Å². The Morgan fingerprint density at radius 2 is 1.86 bits per heavy atom. The van der Waals surface area contributed by atoms with Crippen LogP contribution in [0.4, 0.5) is 0 Å². The number of hydrogen-bond acceptors (Lipinski definition) is 3. The molecule has 1 aromatic carbocycles. The Hall–Kier alpha value is -0.940. The van der Waals surface area contributed by atoms with E-state index in [4.69, 9.17) is 39.5 Å². The molecular formula is C15H14Cl3NO2S. The second kappa shape index (κ2) is 7.55. The van der Waals surface area contributed by atoms with E-state index in [-0.39, 0.29) is 5.91 Å². The summed E-state index contributed by atoms with van der Waals surface area (Å²) in [5.74, 6) is 0.228. The number of benzene rings is 1. The first-order chi connectivity index (χ1) is 10.5. The molecule has 0 unspecified atom stereocenters. The van der Waals surface area contributed by atoms with Crippen LogP contribution in [0.25, 0.3) is 0 Å². The maximum Gasteiger partial charge on any atom is 0.254 e. The van der Waals surface area contributed by atoms with Crippen molar-refractivity contribution in [2.45, 2.75) is 13.5 Å². The fourth-order valence-corrected chi connectivity index (χ4v) is 3.76. The molecular weight excluding hydrogens is 365 g/mol. The summed E-state index contributed by atoms with van der Waals surface area (Å²) in [4.78, 5) is 15.4. The number of halogens is 3. The van der Waals surface area contributed by atoms with Gasteiger partial charge in [0.1, 0.15) is 0 Å². The molecule has 1 heterocycles. The number of methoxy groups -OCH3 is 1. The first kappa shape index (κ1) is 17.4. The fourth-order valence-electron chi connectivity index (χ4n) is 2.01. The lowest BCUT2D eigenvalue weighted by Crippen LogP contribution is -2.30. The van der Waals surface area contributed by atoms with E-state index in [1.165, 1.54) is 18.4 Å². The van der Waals surface area contributed by atoms with Crippen LogP contribution in [-0.2, 0) is 6.54 Å². The minimum Gasteiger partial charge on any atom is -0.494 e. The average molecular weight is 379 g/mol. The molecule has 0 aliphatic rings. The van der Waals surface area contributed by atoms with Crippen molar-refractivity contribution in [3.63, 3.8) is 0 Å². The highest BCUT2D eigenvalue weighted by Crippen LogP contribution is 2.34. The summed E-state index contributed by atoms with van der Waals surface area (Å²) in [7, 11) is 1.48. The fraction of sp³-hybridized carbons (Fsp3) is 0.267. The van der Waals surface area contributed by atoms with Crippen LogP contribution in [0.2, 0.25) is 14.4 Å². The van der Waals surface area contributed by atoms with Gasteiger partial charge in [-0.1, -0.05) is 34.8 Å². The molecule has 0 aliphatic heterocycles. The molecule has 3 nitrogen and oxygen atoms in total. The van der Waals surface area contributed by atoms with Crippen LogP contribution in [0.1, 0.15) is 22.2 Å². The molecule has 0 fully saturated rings. The van der Waals surface area contributed by atoms with E-state index < -0.39 is 0 Å². The van der Waals surface area contributed by atoms with Gasteiger partial charge in [0.15, 0.2) is 5.75 Å². The Bertz CT molecular complexity index is 664. The zero-order chi connectivity index (χ0) is 16.3. The van der Waals surface area contributed by atoms with Gasteiger partial charge in [-0.05, 0) is 31.2 Å². The number of hydrogen-bond donors (Lipinski definition) is 0. The molecule has 0 aliphatic carbocycles. The maximum absolute atomic E-state index is 12.6. The smallest absolute Gasteiger partial charge is 0.254 e. The first-order valence-corrected chi connectivity index (χ1v) is 8.47. The second-order valence-corrected chi connectivity index (χ2v) is 7.11. The van der Waals surface area contributed by atoms with Crippen molar-refractivity contribution in [3.05, 3.63) is 49.1 Å². The van der Waals surface area contributed by atoms with Crippen LogP contribution in [-0.4, -0.2) is 24.5 Å². The Labute approximate surface area is 148 Å². The molecule has 0 saturated heterocycles. The zero-order valence-electron chi connectivity index (χ0n) is 12.0. The molecule has 0 spiro atoms. The molecule has 2 rings (SSSR count). The van der Waals surface area contributed by atoms with Crippen LogP contribution in [0.5, 0.6) is 5.75 Å². The lowest BCUT2D eigenvalue weighted by Gasteiger charge is -2.21. The Balaban J connectivity index is 2.25. The summed E-state index contributed by atoms with van der Waals surface area (Å²) in [5, 5.41) is 0.627. The minimum atomic E-state index is -0.140. The largest absolute Gasteiger partial charge is 0.494 e. The molecule has 118 valence electrons. The highest BCUT2D eigenvalue weighted by atomic mass is 35.5. The van der Waals surface area contributed by atoms with Crippen molar-refractivity contribution in [1.82, 2.24) is 4.90 Å². The number of carbonyl (C=O) groups is 1. The normalized spacial score (nSPS) is 10.6. The number of ether oxygens (including phenoxy) is 1. The molecule has 0 N–H and O–H groups in total. The average Bonchev–Trinajstić information content (AvgIpc) is 2.89. The van der Waals surface area contributed by atoms with Gasteiger partial charge in [0, 0.05) is 17.0 Å². The van der Waals surface area contributed by atoms with E-state index in [2.05, 4.69) is 0 Å². The molecule has 0 atom stereocenters. The van der Waals surface area contributed by atoms with Gasteiger partial charge in [-0.15, -0.1) is 11.3 Å². The molecule has 1 amide bonds. The van der Waals surface area contributed by atoms with E-state index in [0.717, 1.165) is 4.88 Å². The van der Waals surface area contributed by atoms with Crippen molar-refractivity contribution in [2.75, 3.05) is 13.7 Å². The van der Waals surface area contributed by atoms with Crippen LogP contribution in [0.15, 0.2) is 24.3 Å². The van der Waals surface area contributed by atoms with Crippen LogP contribution >= 0.6 is 46.1 Å². The predicted octanol–water partition coefficient (Wildman–Crippen LogP) is 5.38. The van der Waals surface area contributed by atoms with Gasteiger partial charge < -0.3 is 9.64 Å². The SMILES string of the molecule is CCN(Cc1ccc(Cl)s1)C(=O)c1cc(Cl)c(OC)c(Cl)c1. The van der Waals surface area contributed by atoms with Crippen molar-refractivity contribution in [1.29, 1.82) is 0 Å². The number of carbonyl (C=O) groups excluding carboxylic acids is 1. The van der Waals surface area contributed by atoms with Gasteiger partial charge in [-0.2, -0.15) is 0 Å². The molecule has 2 aromatic rings. The number of amides is 1. The second-order valence-electron chi connectivity index (χ2n) is 4.50. The monoisotopic (exact) mass is 377 g/mol. The highest BCUT2D eigenvalue weighted by Gasteiger charge is 2.19. The van der Waals surface area contributed by atoms with E-state index in [1.54, 1.807) is 17.0 Å². The topological polar surface area (TPSA) is 29.5 Å².